The zero-order valence-electron chi connectivity index (χ0n) is 21.6. The van der Waals surface area contributed by atoms with Gasteiger partial charge in [-0.05, 0) is 67.5 Å². The number of allylic oxidation sites excluding steroid dienone is 2. The number of alkyl halides is 3. The fourth-order valence-electron chi connectivity index (χ4n) is 4.40. The molecule has 1 aromatic heterocycles. The van der Waals surface area contributed by atoms with Crippen molar-refractivity contribution in [3.05, 3.63) is 76.9 Å². The van der Waals surface area contributed by atoms with Crippen LogP contribution in [0.1, 0.15) is 60.4 Å². The lowest BCUT2D eigenvalue weighted by Gasteiger charge is -2.17. The van der Waals surface area contributed by atoms with E-state index < -0.39 is 29.7 Å². The van der Waals surface area contributed by atoms with Crippen LogP contribution < -0.4 is 11.1 Å². The van der Waals surface area contributed by atoms with Crippen molar-refractivity contribution >= 4 is 34.3 Å². The number of nitrogens with one attached hydrogen (secondary N) is 1. The number of nitrogens with two attached hydrogens (primary N) is 1. The third-order valence-electron chi connectivity index (χ3n) is 6.31. The van der Waals surface area contributed by atoms with E-state index in [0.29, 0.717) is 22.2 Å². The van der Waals surface area contributed by atoms with Gasteiger partial charge in [-0.25, -0.2) is 4.39 Å². The Balaban J connectivity index is 1.63. The quantitative estimate of drug-likeness (QED) is 0.159. The fraction of sp³-hybridized carbons (Fsp3) is 0.357. The Kier molecular flexibility index (Phi) is 8.70. The standard InChI is InChI=1S/C28H30F4N4O2S/c1-3-39-21-8-4-17(5-9-21)24(15-37)35-27(38)22-12-18-11-20(14-34-26(10-16(2)33)28(30,31)32)36(19-6-7-19)25(18)13-23(22)29/h4-5,8-13,19,24,37H,3,6-7,14-15,33H2,1-2H3,(H,35,38). The molecule has 3 aromatic rings. The molecule has 1 unspecified atom stereocenters. The van der Waals surface area contributed by atoms with Gasteiger partial charge in [0.1, 0.15) is 11.5 Å². The maximum Gasteiger partial charge on any atom is 0.432 e. The Morgan fingerprint density at radius 3 is 2.51 bits per heavy atom. The molecule has 1 amide bonds. The minimum atomic E-state index is -4.67. The SMILES string of the molecule is CCSc1ccc(C(CO)NC(=O)c2cc3cc(CN=C(C=C(C)N)C(F)(F)F)n(C4CC4)c3cc2F)cc1. The molecule has 0 spiro atoms. The third kappa shape index (κ3) is 6.83. The second kappa shape index (κ2) is 11.8. The average molecular weight is 563 g/mol. The molecule has 0 aliphatic heterocycles. The molecule has 4 N–H and O–H groups in total. The first-order valence-electron chi connectivity index (χ1n) is 12.5. The van der Waals surface area contributed by atoms with Crippen LogP contribution in [-0.2, 0) is 6.54 Å². The molecule has 1 aliphatic carbocycles. The molecule has 11 heteroatoms. The molecule has 0 bridgehead atoms. The monoisotopic (exact) mass is 562 g/mol. The van der Waals surface area contributed by atoms with Gasteiger partial charge >= 0.3 is 6.18 Å². The van der Waals surface area contributed by atoms with Crippen molar-refractivity contribution in [2.24, 2.45) is 10.7 Å². The number of aromatic nitrogens is 1. The van der Waals surface area contributed by atoms with Crippen LogP contribution in [-0.4, -0.2) is 39.8 Å². The van der Waals surface area contributed by atoms with E-state index in [0.717, 1.165) is 29.6 Å². The van der Waals surface area contributed by atoms with Gasteiger partial charge in [0.05, 0.1) is 30.3 Å². The number of rotatable bonds is 10. The first kappa shape index (κ1) is 28.7. The number of nitrogens with zero attached hydrogens (tertiary/aromatic N) is 2. The highest BCUT2D eigenvalue weighted by Crippen LogP contribution is 2.40. The molecule has 2 aromatic carbocycles. The molecule has 1 aliphatic rings. The summed E-state index contributed by atoms with van der Waals surface area (Å²) in [5, 5.41) is 13.1. The number of carbonyl (C=O) groups excluding carboxylic acids is 1. The van der Waals surface area contributed by atoms with Crippen molar-refractivity contribution in [2.45, 2.75) is 56.4 Å². The molecule has 4 rings (SSSR count). The lowest BCUT2D eigenvalue weighted by atomic mass is 10.1. The topological polar surface area (TPSA) is 92.6 Å². The Bertz CT molecular complexity index is 1410. The molecule has 1 heterocycles. The second-order valence-electron chi connectivity index (χ2n) is 9.43. The number of amides is 1. The van der Waals surface area contributed by atoms with E-state index in [1.165, 1.54) is 19.1 Å². The van der Waals surface area contributed by atoms with Crippen LogP contribution in [0.3, 0.4) is 0 Å². The minimum Gasteiger partial charge on any atom is -0.402 e. The summed E-state index contributed by atoms with van der Waals surface area (Å²) in [6.45, 7) is 2.72. The highest BCUT2D eigenvalue weighted by molar-refractivity contribution is 7.99. The molecule has 1 atom stereocenters. The van der Waals surface area contributed by atoms with Crippen molar-refractivity contribution in [2.75, 3.05) is 12.4 Å². The highest BCUT2D eigenvalue weighted by atomic mass is 32.2. The van der Waals surface area contributed by atoms with Crippen LogP contribution in [0.25, 0.3) is 10.9 Å². The number of aliphatic hydroxyl groups excluding tert-OH is 1. The lowest BCUT2D eigenvalue weighted by molar-refractivity contribution is -0.0579. The zero-order chi connectivity index (χ0) is 28.3. The summed E-state index contributed by atoms with van der Waals surface area (Å²) in [5.41, 5.74) is 5.74. The Labute approximate surface area is 228 Å². The van der Waals surface area contributed by atoms with E-state index >= 15 is 4.39 Å². The van der Waals surface area contributed by atoms with Crippen LogP contribution in [0.5, 0.6) is 0 Å². The molecular weight excluding hydrogens is 532 g/mol. The molecule has 0 radical (unpaired) electrons. The van der Waals surface area contributed by atoms with Crippen LogP contribution >= 0.6 is 11.8 Å². The van der Waals surface area contributed by atoms with Crippen LogP contribution in [0.4, 0.5) is 17.6 Å². The number of hydrogen-bond donors (Lipinski definition) is 3. The Hall–Kier alpha value is -3.31. The van der Waals surface area contributed by atoms with Gasteiger partial charge in [0.15, 0.2) is 0 Å². The van der Waals surface area contributed by atoms with Gasteiger partial charge < -0.3 is 20.7 Å². The lowest BCUT2D eigenvalue weighted by Crippen LogP contribution is -2.31. The first-order chi connectivity index (χ1) is 18.5. The van der Waals surface area contributed by atoms with Gasteiger partial charge in [0.2, 0.25) is 0 Å². The predicted molar refractivity (Wildman–Crippen MR) is 145 cm³/mol. The molecular formula is C28H30F4N4O2S. The number of aliphatic hydroxyl groups is 1. The summed E-state index contributed by atoms with van der Waals surface area (Å²) in [5.74, 6) is -0.563. The van der Waals surface area contributed by atoms with Crippen molar-refractivity contribution in [3.63, 3.8) is 0 Å². The minimum absolute atomic E-state index is 0.0245. The zero-order valence-corrected chi connectivity index (χ0v) is 22.4. The number of fused-ring (bicyclic) bond motifs is 1. The van der Waals surface area contributed by atoms with Gasteiger partial charge in [-0.2, -0.15) is 13.2 Å². The van der Waals surface area contributed by atoms with E-state index in [4.69, 9.17) is 5.73 Å². The van der Waals surface area contributed by atoms with Crippen molar-refractivity contribution in [3.8, 4) is 0 Å². The third-order valence-corrected chi connectivity index (χ3v) is 7.21. The molecule has 6 nitrogen and oxygen atoms in total. The van der Waals surface area contributed by atoms with Crippen LogP contribution in [0, 0.1) is 5.82 Å². The van der Waals surface area contributed by atoms with Crippen molar-refractivity contribution < 1.29 is 27.5 Å². The molecule has 0 saturated heterocycles. The molecule has 1 saturated carbocycles. The van der Waals surface area contributed by atoms with Crippen molar-refractivity contribution in [1.82, 2.24) is 9.88 Å². The first-order valence-corrected chi connectivity index (χ1v) is 13.5. The summed E-state index contributed by atoms with van der Waals surface area (Å²) in [6.07, 6.45) is -2.27. The summed E-state index contributed by atoms with van der Waals surface area (Å²) in [7, 11) is 0. The van der Waals surface area contributed by atoms with E-state index in [1.807, 2.05) is 19.1 Å². The summed E-state index contributed by atoms with van der Waals surface area (Å²) in [6, 6.07) is 10.9. The summed E-state index contributed by atoms with van der Waals surface area (Å²) < 4.78 is 57.2. The maximum absolute atomic E-state index is 15.2. The molecule has 39 heavy (non-hydrogen) atoms. The number of aliphatic imine (C=N–C) groups is 1. The number of hydrogen-bond acceptors (Lipinski definition) is 5. The molecule has 1 fully saturated rings. The summed E-state index contributed by atoms with van der Waals surface area (Å²) >= 11 is 1.66. The fourth-order valence-corrected chi connectivity index (χ4v) is 5.06. The normalized spacial score (nSPS) is 15.6. The van der Waals surface area contributed by atoms with Crippen LogP contribution in [0.2, 0.25) is 0 Å². The number of halogens is 4. The second-order valence-corrected chi connectivity index (χ2v) is 10.8. The van der Waals surface area contributed by atoms with Gasteiger partial charge in [0, 0.05) is 27.7 Å². The Morgan fingerprint density at radius 2 is 1.95 bits per heavy atom. The van der Waals surface area contributed by atoms with E-state index in [-0.39, 0.29) is 30.5 Å². The predicted octanol–water partition coefficient (Wildman–Crippen LogP) is 6.06. The number of thioether (sulfide) groups is 1. The highest BCUT2D eigenvalue weighted by Gasteiger charge is 2.34. The smallest absolute Gasteiger partial charge is 0.402 e. The molecule has 208 valence electrons. The number of carbonyl (C=O) groups is 1. The number of benzene rings is 2. The van der Waals surface area contributed by atoms with Gasteiger partial charge in [-0.1, -0.05) is 19.1 Å². The largest absolute Gasteiger partial charge is 0.432 e. The van der Waals surface area contributed by atoms with Gasteiger partial charge in [-0.15, -0.1) is 11.8 Å². The van der Waals surface area contributed by atoms with Gasteiger partial charge in [0.25, 0.3) is 5.91 Å². The van der Waals surface area contributed by atoms with E-state index in [9.17, 15) is 23.1 Å². The van der Waals surface area contributed by atoms with E-state index in [1.54, 1.807) is 34.5 Å². The Morgan fingerprint density at radius 1 is 1.26 bits per heavy atom. The maximum atomic E-state index is 15.2. The van der Waals surface area contributed by atoms with Crippen molar-refractivity contribution in [1.29, 1.82) is 0 Å². The van der Waals surface area contributed by atoms with Crippen LogP contribution in [0.15, 0.2) is 64.1 Å². The summed E-state index contributed by atoms with van der Waals surface area (Å²) in [4.78, 5) is 17.9. The van der Waals surface area contributed by atoms with E-state index in [2.05, 4.69) is 10.3 Å². The average Bonchev–Trinajstić information content (AvgIpc) is 3.65. The van der Waals surface area contributed by atoms with Gasteiger partial charge in [-0.3, -0.25) is 9.79 Å².